The minimum atomic E-state index is 0.0496. The molecule has 1 rings (SSSR count). The lowest BCUT2D eigenvalue weighted by molar-refractivity contribution is 0.180. The molecule has 1 heterocycles. The third kappa shape index (κ3) is 3.54. The Bertz CT molecular complexity index is 184. The zero-order valence-electron chi connectivity index (χ0n) is 8.96. The Labute approximate surface area is 85.8 Å². The van der Waals surface area contributed by atoms with Crippen LogP contribution in [0.1, 0.15) is 32.6 Å². The van der Waals surface area contributed by atoms with E-state index < -0.39 is 0 Å². The van der Waals surface area contributed by atoms with E-state index in [0.29, 0.717) is 6.54 Å². The highest BCUT2D eigenvalue weighted by molar-refractivity contribution is 5.74. The maximum atomic E-state index is 11.6. The summed E-state index contributed by atoms with van der Waals surface area (Å²) in [7, 11) is 0. The third-order valence-electron chi connectivity index (χ3n) is 2.55. The number of urea groups is 1. The highest BCUT2D eigenvalue weighted by atomic mass is 16.2. The van der Waals surface area contributed by atoms with E-state index in [1.54, 1.807) is 0 Å². The van der Waals surface area contributed by atoms with Crippen molar-refractivity contribution in [3.05, 3.63) is 0 Å². The van der Waals surface area contributed by atoms with E-state index in [0.717, 1.165) is 38.8 Å². The number of carbonyl (C=O) groups is 1. The average Bonchev–Trinajstić information content (AvgIpc) is 2.18. The van der Waals surface area contributed by atoms with E-state index in [4.69, 9.17) is 5.73 Å². The van der Waals surface area contributed by atoms with Gasteiger partial charge in [-0.3, -0.25) is 0 Å². The quantitative estimate of drug-likeness (QED) is 0.664. The molecule has 1 aliphatic rings. The molecule has 0 aliphatic carbocycles. The van der Waals surface area contributed by atoms with Crippen molar-refractivity contribution in [3.8, 4) is 0 Å². The van der Waals surface area contributed by atoms with Crippen molar-refractivity contribution in [2.45, 2.75) is 38.6 Å². The number of likely N-dealkylation sites (tertiary alicyclic amines) is 1. The maximum absolute atomic E-state index is 11.6. The Morgan fingerprint density at radius 3 is 3.07 bits per heavy atom. The fraction of sp³-hybridized carbons (Fsp3) is 0.900. The van der Waals surface area contributed by atoms with Crippen LogP contribution in [0.4, 0.5) is 4.79 Å². The van der Waals surface area contributed by atoms with Crippen LogP contribution in [-0.4, -0.2) is 36.6 Å². The summed E-state index contributed by atoms with van der Waals surface area (Å²) in [4.78, 5) is 13.4. The highest BCUT2D eigenvalue weighted by Crippen LogP contribution is 2.07. The molecule has 82 valence electrons. The SMILES string of the molecule is CCCCNC(=O)N1CCCC(N)C1. The van der Waals surface area contributed by atoms with Gasteiger partial charge in [0.2, 0.25) is 0 Å². The Kier molecular flexibility index (Phi) is 4.73. The summed E-state index contributed by atoms with van der Waals surface area (Å²) in [6.45, 7) is 4.45. The number of nitrogens with one attached hydrogen (secondary N) is 1. The van der Waals surface area contributed by atoms with Crippen molar-refractivity contribution in [2.24, 2.45) is 5.73 Å². The molecule has 0 radical (unpaired) electrons. The molecule has 0 spiro atoms. The number of unbranched alkanes of at least 4 members (excludes halogenated alkanes) is 1. The van der Waals surface area contributed by atoms with Crippen LogP contribution in [0.2, 0.25) is 0 Å². The van der Waals surface area contributed by atoms with Gasteiger partial charge in [-0.1, -0.05) is 13.3 Å². The van der Waals surface area contributed by atoms with Gasteiger partial charge in [-0.15, -0.1) is 0 Å². The predicted octanol–water partition coefficient (Wildman–Crippen LogP) is 0.919. The zero-order chi connectivity index (χ0) is 10.4. The third-order valence-corrected chi connectivity index (χ3v) is 2.55. The van der Waals surface area contributed by atoms with Gasteiger partial charge in [-0.25, -0.2) is 4.79 Å². The van der Waals surface area contributed by atoms with Gasteiger partial charge in [-0.05, 0) is 19.3 Å². The smallest absolute Gasteiger partial charge is 0.317 e. The number of hydrogen-bond donors (Lipinski definition) is 2. The Balaban J connectivity index is 2.22. The minimum Gasteiger partial charge on any atom is -0.338 e. The Morgan fingerprint density at radius 1 is 1.64 bits per heavy atom. The van der Waals surface area contributed by atoms with Crippen molar-refractivity contribution in [1.29, 1.82) is 0 Å². The summed E-state index contributed by atoms with van der Waals surface area (Å²) < 4.78 is 0. The van der Waals surface area contributed by atoms with E-state index in [2.05, 4.69) is 12.2 Å². The zero-order valence-corrected chi connectivity index (χ0v) is 8.96. The fourth-order valence-electron chi connectivity index (χ4n) is 1.68. The van der Waals surface area contributed by atoms with Crippen LogP contribution < -0.4 is 11.1 Å². The average molecular weight is 199 g/mol. The van der Waals surface area contributed by atoms with Crippen LogP contribution in [-0.2, 0) is 0 Å². The molecule has 4 heteroatoms. The summed E-state index contributed by atoms with van der Waals surface area (Å²) in [6.07, 6.45) is 4.23. The summed E-state index contributed by atoms with van der Waals surface area (Å²) in [5.41, 5.74) is 5.80. The summed E-state index contributed by atoms with van der Waals surface area (Å²) in [5.74, 6) is 0. The molecule has 3 N–H and O–H groups in total. The van der Waals surface area contributed by atoms with E-state index in [9.17, 15) is 4.79 Å². The number of rotatable bonds is 3. The first-order valence-electron chi connectivity index (χ1n) is 5.52. The molecule has 2 amide bonds. The number of nitrogens with two attached hydrogens (primary N) is 1. The lowest BCUT2D eigenvalue weighted by Crippen LogP contribution is -2.49. The van der Waals surface area contributed by atoms with Crippen molar-refractivity contribution >= 4 is 6.03 Å². The Morgan fingerprint density at radius 2 is 2.43 bits per heavy atom. The van der Waals surface area contributed by atoms with Crippen molar-refractivity contribution in [3.63, 3.8) is 0 Å². The van der Waals surface area contributed by atoms with Crippen LogP contribution >= 0.6 is 0 Å². The molecule has 1 saturated heterocycles. The van der Waals surface area contributed by atoms with Crippen molar-refractivity contribution in [2.75, 3.05) is 19.6 Å². The second kappa shape index (κ2) is 5.86. The topological polar surface area (TPSA) is 58.4 Å². The number of carbonyl (C=O) groups excluding carboxylic acids is 1. The van der Waals surface area contributed by atoms with Gasteiger partial charge in [0, 0.05) is 25.7 Å². The molecule has 1 fully saturated rings. The summed E-state index contributed by atoms with van der Waals surface area (Å²) >= 11 is 0. The van der Waals surface area contributed by atoms with Crippen LogP contribution in [0, 0.1) is 0 Å². The molecule has 0 saturated carbocycles. The first-order chi connectivity index (χ1) is 6.74. The van der Waals surface area contributed by atoms with Crippen LogP contribution in [0.25, 0.3) is 0 Å². The predicted molar refractivity (Wildman–Crippen MR) is 57.1 cm³/mol. The molecular weight excluding hydrogens is 178 g/mol. The van der Waals surface area contributed by atoms with Crippen LogP contribution in [0.3, 0.4) is 0 Å². The Hall–Kier alpha value is -0.770. The van der Waals surface area contributed by atoms with Gasteiger partial charge in [0.1, 0.15) is 0 Å². The summed E-state index contributed by atoms with van der Waals surface area (Å²) in [5, 5.41) is 2.91. The lowest BCUT2D eigenvalue weighted by Gasteiger charge is -2.30. The van der Waals surface area contributed by atoms with Crippen LogP contribution in [0.5, 0.6) is 0 Å². The van der Waals surface area contributed by atoms with Gasteiger partial charge in [-0.2, -0.15) is 0 Å². The monoisotopic (exact) mass is 199 g/mol. The maximum Gasteiger partial charge on any atom is 0.317 e. The second-order valence-electron chi connectivity index (χ2n) is 3.93. The highest BCUT2D eigenvalue weighted by Gasteiger charge is 2.20. The molecule has 1 atom stereocenters. The molecule has 1 aliphatic heterocycles. The van der Waals surface area contributed by atoms with Crippen LogP contribution in [0.15, 0.2) is 0 Å². The lowest BCUT2D eigenvalue weighted by atomic mass is 10.1. The molecule has 0 aromatic carbocycles. The molecule has 0 aromatic rings. The molecule has 0 aromatic heterocycles. The second-order valence-corrected chi connectivity index (χ2v) is 3.93. The normalized spacial score (nSPS) is 22.1. The number of amides is 2. The summed E-state index contributed by atoms with van der Waals surface area (Å²) in [6, 6.07) is 0.217. The fourth-order valence-corrected chi connectivity index (χ4v) is 1.68. The molecule has 14 heavy (non-hydrogen) atoms. The minimum absolute atomic E-state index is 0.0496. The molecule has 1 unspecified atom stereocenters. The molecule has 0 bridgehead atoms. The van der Waals surface area contributed by atoms with E-state index in [1.807, 2.05) is 4.90 Å². The standard InChI is InChI=1S/C10H21N3O/c1-2-3-6-12-10(14)13-7-4-5-9(11)8-13/h9H,2-8,11H2,1H3,(H,12,14). The number of hydrogen-bond acceptors (Lipinski definition) is 2. The largest absolute Gasteiger partial charge is 0.338 e. The van der Waals surface area contributed by atoms with E-state index in [-0.39, 0.29) is 12.1 Å². The van der Waals surface area contributed by atoms with E-state index >= 15 is 0 Å². The first kappa shape index (κ1) is 11.3. The van der Waals surface area contributed by atoms with Gasteiger partial charge in [0.05, 0.1) is 0 Å². The first-order valence-corrected chi connectivity index (χ1v) is 5.52. The van der Waals surface area contributed by atoms with Gasteiger partial charge in [0.15, 0.2) is 0 Å². The van der Waals surface area contributed by atoms with Crippen molar-refractivity contribution < 1.29 is 4.79 Å². The van der Waals surface area contributed by atoms with Gasteiger partial charge in [0.25, 0.3) is 0 Å². The van der Waals surface area contributed by atoms with Crippen molar-refractivity contribution in [1.82, 2.24) is 10.2 Å². The van der Waals surface area contributed by atoms with Gasteiger partial charge >= 0.3 is 6.03 Å². The number of piperidine rings is 1. The van der Waals surface area contributed by atoms with Gasteiger partial charge < -0.3 is 16.0 Å². The number of nitrogens with zero attached hydrogens (tertiary/aromatic N) is 1. The molecular formula is C10H21N3O. The van der Waals surface area contributed by atoms with E-state index in [1.165, 1.54) is 0 Å². The molecule has 4 nitrogen and oxygen atoms in total.